The molecule has 0 aliphatic carbocycles. The Labute approximate surface area is 112 Å². The van der Waals surface area contributed by atoms with Crippen molar-refractivity contribution in [2.75, 3.05) is 18.6 Å². The molecule has 2 atom stereocenters. The normalized spacial score (nSPS) is 14.2. The molecule has 2 N–H and O–H groups in total. The van der Waals surface area contributed by atoms with Gasteiger partial charge in [-0.05, 0) is 24.1 Å². The van der Waals surface area contributed by atoms with Crippen molar-refractivity contribution in [1.29, 1.82) is 0 Å². The molecule has 102 valence electrons. The SMILES string of the molecule is CCCCCS(=O)CC(N)c1cccc(OC)c1. The molecular weight excluding hydrogens is 246 g/mol. The first-order valence-corrected chi connectivity index (χ1v) is 7.90. The van der Waals surface area contributed by atoms with Crippen molar-refractivity contribution in [3.05, 3.63) is 29.8 Å². The summed E-state index contributed by atoms with van der Waals surface area (Å²) in [5.74, 6) is 2.07. The van der Waals surface area contributed by atoms with Crippen LogP contribution in [0.2, 0.25) is 0 Å². The van der Waals surface area contributed by atoms with Gasteiger partial charge in [-0.25, -0.2) is 0 Å². The molecule has 4 heteroatoms. The highest BCUT2D eigenvalue weighted by atomic mass is 32.2. The second kappa shape index (κ2) is 8.27. The lowest BCUT2D eigenvalue weighted by atomic mass is 10.1. The maximum atomic E-state index is 11.9. The Balaban J connectivity index is 2.48. The van der Waals surface area contributed by atoms with Crippen LogP contribution in [0, 0.1) is 0 Å². The van der Waals surface area contributed by atoms with Gasteiger partial charge in [0.2, 0.25) is 0 Å². The minimum atomic E-state index is -0.826. The first kappa shape index (κ1) is 15.2. The Bertz CT molecular complexity index is 382. The molecule has 0 bridgehead atoms. The van der Waals surface area contributed by atoms with Crippen LogP contribution < -0.4 is 10.5 Å². The number of methoxy groups -OCH3 is 1. The van der Waals surface area contributed by atoms with Gasteiger partial charge in [0, 0.05) is 28.3 Å². The number of benzene rings is 1. The van der Waals surface area contributed by atoms with E-state index in [1.165, 1.54) is 0 Å². The van der Waals surface area contributed by atoms with Crippen LogP contribution in [0.25, 0.3) is 0 Å². The quantitative estimate of drug-likeness (QED) is 0.738. The summed E-state index contributed by atoms with van der Waals surface area (Å²) >= 11 is 0. The predicted molar refractivity (Wildman–Crippen MR) is 77.3 cm³/mol. The monoisotopic (exact) mass is 269 g/mol. The van der Waals surface area contributed by atoms with Crippen molar-refractivity contribution in [3.8, 4) is 5.75 Å². The van der Waals surface area contributed by atoms with Crippen molar-refractivity contribution >= 4 is 10.8 Å². The fourth-order valence-corrected chi connectivity index (χ4v) is 3.05. The van der Waals surface area contributed by atoms with Crippen LogP contribution in [-0.2, 0) is 10.8 Å². The number of hydrogen-bond donors (Lipinski definition) is 1. The van der Waals surface area contributed by atoms with Crippen molar-refractivity contribution < 1.29 is 8.95 Å². The third-order valence-electron chi connectivity index (χ3n) is 2.86. The van der Waals surface area contributed by atoms with E-state index >= 15 is 0 Å². The fourth-order valence-electron chi connectivity index (χ4n) is 1.77. The van der Waals surface area contributed by atoms with E-state index in [2.05, 4.69) is 6.92 Å². The van der Waals surface area contributed by atoms with Crippen molar-refractivity contribution in [2.45, 2.75) is 32.2 Å². The lowest BCUT2D eigenvalue weighted by molar-refractivity contribution is 0.414. The van der Waals surface area contributed by atoms with E-state index in [9.17, 15) is 4.21 Å². The average Bonchev–Trinajstić information content (AvgIpc) is 2.39. The Hall–Kier alpha value is -0.870. The number of nitrogens with two attached hydrogens (primary N) is 1. The molecule has 0 spiro atoms. The minimum absolute atomic E-state index is 0.178. The van der Waals surface area contributed by atoms with Gasteiger partial charge in [-0.2, -0.15) is 0 Å². The molecule has 0 saturated carbocycles. The molecule has 0 saturated heterocycles. The van der Waals surface area contributed by atoms with Gasteiger partial charge in [-0.15, -0.1) is 0 Å². The lowest BCUT2D eigenvalue weighted by Crippen LogP contribution is -2.19. The summed E-state index contributed by atoms with van der Waals surface area (Å²) in [5, 5.41) is 0. The number of hydrogen-bond acceptors (Lipinski definition) is 3. The Morgan fingerprint density at radius 2 is 2.17 bits per heavy atom. The van der Waals surface area contributed by atoms with Crippen LogP contribution >= 0.6 is 0 Å². The third kappa shape index (κ3) is 5.19. The molecule has 0 aliphatic rings. The summed E-state index contributed by atoms with van der Waals surface area (Å²) in [4.78, 5) is 0. The van der Waals surface area contributed by atoms with E-state index in [1.807, 2.05) is 24.3 Å². The molecule has 1 aromatic carbocycles. The second-order valence-corrected chi connectivity index (χ2v) is 6.02. The van der Waals surface area contributed by atoms with Crippen LogP contribution in [-0.4, -0.2) is 22.8 Å². The summed E-state index contributed by atoms with van der Waals surface area (Å²) in [6, 6.07) is 7.48. The van der Waals surface area contributed by atoms with Crippen molar-refractivity contribution in [3.63, 3.8) is 0 Å². The lowest BCUT2D eigenvalue weighted by Gasteiger charge is -2.12. The zero-order valence-corrected chi connectivity index (χ0v) is 12.0. The van der Waals surface area contributed by atoms with Gasteiger partial charge in [-0.1, -0.05) is 31.9 Å². The number of unbranched alkanes of at least 4 members (excludes halogenated alkanes) is 2. The summed E-state index contributed by atoms with van der Waals surface area (Å²) in [7, 11) is 0.806. The maximum Gasteiger partial charge on any atom is 0.119 e. The molecule has 0 aromatic heterocycles. The number of ether oxygens (including phenoxy) is 1. The van der Waals surface area contributed by atoms with Crippen LogP contribution in [0.5, 0.6) is 5.75 Å². The van der Waals surface area contributed by atoms with Gasteiger partial charge in [0.05, 0.1) is 7.11 Å². The van der Waals surface area contributed by atoms with Gasteiger partial charge in [0.1, 0.15) is 5.75 Å². The van der Waals surface area contributed by atoms with E-state index in [1.54, 1.807) is 7.11 Å². The van der Waals surface area contributed by atoms with Crippen molar-refractivity contribution in [2.24, 2.45) is 5.73 Å². The Kier molecular flexibility index (Phi) is 6.98. The third-order valence-corrected chi connectivity index (χ3v) is 4.34. The standard InChI is InChI=1S/C14H23NO2S/c1-3-4-5-9-18(16)11-14(15)12-7-6-8-13(10-12)17-2/h6-8,10,14H,3-5,9,11,15H2,1-2H3. The summed E-state index contributed by atoms with van der Waals surface area (Å²) < 4.78 is 17.0. The molecule has 0 fully saturated rings. The predicted octanol–water partition coefficient (Wildman–Crippen LogP) is 2.63. The zero-order valence-electron chi connectivity index (χ0n) is 11.2. The fraction of sp³-hybridized carbons (Fsp3) is 0.571. The molecule has 2 unspecified atom stereocenters. The van der Waals surface area contributed by atoms with E-state index in [0.29, 0.717) is 5.75 Å². The first-order valence-electron chi connectivity index (χ1n) is 6.42. The van der Waals surface area contributed by atoms with E-state index in [-0.39, 0.29) is 6.04 Å². The van der Waals surface area contributed by atoms with Gasteiger partial charge in [0.15, 0.2) is 0 Å². The van der Waals surface area contributed by atoms with Gasteiger partial charge in [-0.3, -0.25) is 4.21 Å². The van der Waals surface area contributed by atoms with Crippen LogP contribution in [0.1, 0.15) is 37.8 Å². The molecule has 0 heterocycles. The highest BCUT2D eigenvalue weighted by molar-refractivity contribution is 7.85. The zero-order chi connectivity index (χ0) is 13.4. The molecule has 1 aromatic rings. The van der Waals surface area contributed by atoms with E-state index in [0.717, 1.165) is 36.3 Å². The van der Waals surface area contributed by atoms with Crippen LogP contribution in [0.3, 0.4) is 0 Å². The summed E-state index contributed by atoms with van der Waals surface area (Å²) in [5.41, 5.74) is 7.06. The molecule has 0 radical (unpaired) electrons. The van der Waals surface area contributed by atoms with Crippen LogP contribution in [0.15, 0.2) is 24.3 Å². The first-order chi connectivity index (χ1) is 8.67. The van der Waals surface area contributed by atoms with E-state index in [4.69, 9.17) is 10.5 Å². The highest BCUT2D eigenvalue weighted by Gasteiger charge is 2.11. The van der Waals surface area contributed by atoms with Crippen LogP contribution in [0.4, 0.5) is 0 Å². The smallest absolute Gasteiger partial charge is 0.119 e. The second-order valence-electron chi connectivity index (χ2n) is 4.40. The molecule has 1 rings (SSSR count). The van der Waals surface area contributed by atoms with Crippen molar-refractivity contribution in [1.82, 2.24) is 0 Å². The highest BCUT2D eigenvalue weighted by Crippen LogP contribution is 2.18. The molecule has 0 aliphatic heterocycles. The minimum Gasteiger partial charge on any atom is -0.497 e. The van der Waals surface area contributed by atoms with Gasteiger partial charge < -0.3 is 10.5 Å². The molecular formula is C14H23NO2S. The Morgan fingerprint density at radius 3 is 2.83 bits per heavy atom. The van der Waals surface area contributed by atoms with Gasteiger partial charge in [0.25, 0.3) is 0 Å². The summed E-state index contributed by atoms with van der Waals surface area (Å²) in [6.07, 6.45) is 3.31. The molecule has 3 nitrogen and oxygen atoms in total. The largest absolute Gasteiger partial charge is 0.497 e. The maximum absolute atomic E-state index is 11.9. The van der Waals surface area contributed by atoms with Gasteiger partial charge >= 0.3 is 0 Å². The van der Waals surface area contributed by atoms with E-state index < -0.39 is 10.8 Å². The molecule has 0 amide bonds. The summed E-state index contributed by atoms with van der Waals surface area (Å²) in [6.45, 7) is 2.14. The molecule has 18 heavy (non-hydrogen) atoms. The topological polar surface area (TPSA) is 52.3 Å². The average molecular weight is 269 g/mol. The number of rotatable bonds is 8. The Morgan fingerprint density at radius 1 is 1.39 bits per heavy atom.